The summed E-state index contributed by atoms with van der Waals surface area (Å²) in [6.07, 6.45) is 1.24. The summed E-state index contributed by atoms with van der Waals surface area (Å²) in [5, 5.41) is 8.60. The number of nitrogens with zero attached hydrogens (tertiary/aromatic N) is 1. The number of carbonyl (C=O) groups is 2. The summed E-state index contributed by atoms with van der Waals surface area (Å²) in [6, 6.07) is 7.73. The van der Waals surface area contributed by atoms with Crippen molar-refractivity contribution in [2.24, 2.45) is 5.92 Å². The SMILES string of the molecule is CN(CCCC(=O)O)C(=O)[C@@H]1COc2ccccc2C1. The van der Waals surface area contributed by atoms with E-state index >= 15 is 0 Å². The van der Waals surface area contributed by atoms with Crippen molar-refractivity contribution >= 4 is 11.9 Å². The molecule has 0 aromatic heterocycles. The monoisotopic (exact) mass is 277 g/mol. The summed E-state index contributed by atoms with van der Waals surface area (Å²) in [5.41, 5.74) is 1.05. The first-order chi connectivity index (χ1) is 9.58. The van der Waals surface area contributed by atoms with E-state index in [4.69, 9.17) is 9.84 Å². The summed E-state index contributed by atoms with van der Waals surface area (Å²) in [6.45, 7) is 0.850. The van der Waals surface area contributed by atoms with E-state index < -0.39 is 5.97 Å². The van der Waals surface area contributed by atoms with Gasteiger partial charge in [0.2, 0.25) is 5.91 Å². The maximum atomic E-state index is 12.3. The van der Waals surface area contributed by atoms with Crippen LogP contribution in [0.5, 0.6) is 5.75 Å². The Morgan fingerprint density at radius 1 is 1.40 bits per heavy atom. The quantitative estimate of drug-likeness (QED) is 0.887. The summed E-state index contributed by atoms with van der Waals surface area (Å²) < 4.78 is 5.61. The summed E-state index contributed by atoms with van der Waals surface area (Å²) in [5.74, 6) is -0.143. The maximum absolute atomic E-state index is 12.3. The van der Waals surface area contributed by atoms with Crippen LogP contribution in [0.15, 0.2) is 24.3 Å². The lowest BCUT2D eigenvalue weighted by molar-refractivity contribution is -0.139. The van der Waals surface area contributed by atoms with Crippen molar-refractivity contribution in [3.63, 3.8) is 0 Å². The van der Waals surface area contributed by atoms with Gasteiger partial charge in [-0.3, -0.25) is 9.59 Å². The fraction of sp³-hybridized carbons (Fsp3) is 0.467. The van der Waals surface area contributed by atoms with Gasteiger partial charge in [0.1, 0.15) is 12.4 Å². The molecule has 1 aliphatic heterocycles. The highest BCUT2D eigenvalue weighted by Gasteiger charge is 2.27. The third kappa shape index (κ3) is 3.50. The van der Waals surface area contributed by atoms with Gasteiger partial charge in [0, 0.05) is 20.0 Å². The molecule has 20 heavy (non-hydrogen) atoms. The molecule has 0 fully saturated rings. The topological polar surface area (TPSA) is 66.8 Å². The van der Waals surface area contributed by atoms with Crippen LogP contribution in [0.2, 0.25) is 0 Å². The minimum atomic E-state index is -0.833. The summed E-state index contributed by atoms with van der Waals surface area (Å²) in [4.78, 5) is 24.4. The zero-order chi connectivity index (χ0) is 14.5. The van der Waals surface area contributed by atoms with Crippen molar-refractivity contribution < 1.29 is 19.4 Å². The number of carboxylic acids is 1. The number of hydrogen-bond acceptors (Lipinski definition) is 3. The van der Waals surface area contributed by atoms with E-state index in [1.807, 2.05) is 24.3 Å². The molecule has 1 amide bonds. The number of carboxylic acid groups (broad SMARTS) is 1. The van der Waals surface area contributed by atoms with Crippen molar-refractivity contribution in [3.05, 3.63) is 29.8 Å². The molecular formula is C15H19NO4. The standard InChI is InChI=1S/C15H19NO4/c1-16(8-4-7-14(17)18)15(19)12-9-11-5-2-3-6-13(11)20-10-12/h2-3,5-6,12H,4,7-10H2,1H3,(H,17,18)/t12-/m0/s1. The molecule has 1 N–H and O–H groups in total. The Balaban J connectivity index is 1.89. The van der Waals surface area contributed by atoms with Crippen LogP contribution in [-0.2, 0) is 16.0 Å². The molecular weight excluding hydrogens is 258 g/mol. The van der Waals surface area contributed by atoms with Gasteiger partial charge in [-0.2, -0.15) is 0 Å². The van der Waals surface area contributed by atoms with E-state index in [9.17, 15) is 9.59 Å². The van der Waals surface area contributed by atoms with Crippen LogP contribution < -0.4 is 4.74 Å². The third-order valence-electron chi connectivity index (χ3n) is 3.49. The lowest BCUT2D eigenvalue weighted by atomic mass is 9.95. The fourth-order valence-corrected chi connectivity index (χ4v) is 2.38. The number of amides is 1. The van der Waals surface area contributed by atoms with Crippen molar-refractivity contribution in [1.82, 2.24) is 4.90 Å². The highest BCUT2D eigenvalue weighted by atomic mass is 16.5. The number of fused-ring (bicyclic) bond motifs is 1. The van der Waals surface area contributed by atoms with E-state index in [0.717, 1.165) is 11.3 Å². The minimum Gasteiger partial charge on any atom is -0.492 e. The molecule has 1 aliphatic rings. The van der Waals surface area contributed by atoms with Gasteiger partial charge in [-0.15, -0.1) is 0 Å². The number of carbonyl (C=O) groups excluding carboxylic acids is 1. The Kier molecular flexibility index (Phi) is 4.61. The highest BCUT2D eigenvalue weighted by molar-refractivity contribution is 5.79. The Hall–Kier alpha value is -2.04. The second-order valence-electron chi connectivity index (χ2n) is 5.08. The Labute approximate surface area is 118 Å². The third-order valence-corrected chi connectivity index (χ3v) is 3.49. The van der Waals surface area contributed by atoms with Gasteiger partial charge in [-0.25, -0.2) is 0 Å². The number of hydrogen-bond donors (Lipinski definition) is 1. The Bertz CT molecular complexity index is 500. The van der Waals surface area contributed by atoms with E-state index in [2.05, 4.69) is 0 Å². The summed E-state index contributed by atoms with van der Waals surface area (Å²) >= 11 is 0. The van der Waals surface area contributed by atoms with E-state index in [1.54, 1.807) is 11.9 Å². The lowest BCUT2D eigenvalue weighted by Crippen LogP contribution is -2.39. The molecule has 0 saturated carbocycles. The molecule has 1 atom stereocenters. The maximum Gasteiger partial charge on any atom is 0.303 e. The number of aliphatic carboxylic acids is 1. The average Bonchev–Trinajstić information content (AvgIpc) is 2.45. The van der Waals surface area contributed by atoms with E-state index in [-0.39, 0.29) is 18.2 Å². The fourth-order valence-electron chi connectivity index (χ4n) is 2.38. The molecule has 2 rings (SSSR count). The van der Waals surface area contributed by atoms with Crippen LogP contribution in [0.3, 0.4) is 0 Å². The zero-order valence-corrected chi connectivity index (χ0v) is 11.5. The van der Waals surface area contributed by atoms with Crippen molar-refractivity contribution in [2.75, 3.05) is 20.2 Å². The second-order valence-corrected chi connectivity index (χ2v) is 5.08. The largest absolute Gasteiger partial charge is 0.492 e. The summed E-state index contributed by atoms with van der Waals surface area (Å²) in [7, 11) is 1.71. The van der Waals surface area contributed by atoms with Gasteiger partial charge < -0.3 is 14.7 Å². The molecule has 1 heterocycles. The molecule has 0 aliphatic carbocycles. The highest BCUT2D eigenvalue weighted by Crippen LogP contribution is 2.27. The molecule has 5 heteroatoms. The first-order valence-corrected chi connectivity index (χ1v) is 6.75. The number of rotatable bonds is 5. The van der Waals surface area contributed by atoms with Crippen molar-refractivity contribution in [1.29, 1.82) is 0 Å². The zero-order valence-electron chi connectivity index (χ0n) is 11.5. The predicted octanol–water partition coefficient (Wildman–Crippen LogP) is 1.56. The first kappa shape index (κ1) is 14.4. The van der Waals surface area contributed by atoms with Gasteiger partial charge in [0.05, 0.1) is 5.92 Å². The molecule has 0 spiro atoms. The Morgan fingerprint density at radius 3 is 2.90 bits per heavy atom. The van der Waals surface area contributed by atoms with E-state index in [1.165, 1.54) is 0 Å². The molecule has 0 radical (unpaired) electrons. The predicted molar refractivity (Wildman–Crippen MR) is 73.6 cm³/mol. The number of benzene rings is 1. The Morgan fingerprint density at radius 2 is 2.15 bits per heavy atom. The van der Waals surface area contributed by atoms with Gasteiger partial charge in [0.25, 0.3) is 0 Å². The van der Waals surface area contributed by atoms with Crippen molar-refractivity contribution in [2.45, 2.75) is 19.3 Å². The average molecular weight is 277 g/mol. The van der Waals surface area contributed by atoms with Gasteiger partial charge in [-0.1, -0.05) is 18.2 Å². The molecule has 5 nitrogen and oxygen atoms in total. The van der Waals surface area contributed by atoms with Crippen LogP contribution in [0.25, 0.3) is 0 Å². The van der Waals surface area contributed by atoms with Crippen LogP contribution >= 0.6 is 0 Å². The van der Waals surface area contributed by atoms with Crippen LogP contribution in [0.1, 0.15) is 18.4 Å². The smallest absolute Gasteiger partial charge is 0.303 e. The molecule has 108 valence electrons. The van der Waals surface area contributed by atoms with Gasteiger partial charge >= 0.3 is 5.97 Å². The van der Waals surface area contributed by atoms with Gasteiger partial charge in [0.15, 0.2) is 0 Å². The van der Waals surface area contributed by atoms with Crippen LogP contribution in [0.4, 0.5) is 0 Å². The lowest BCUT2D eigenvalue weighted by Gasteiger charge is -2.28. The van der Waals surface area contributed by atoms with Crippen LogP contribution in [0, 0.1) is 5.92 Å². The molecule has 0 unspecified atom stereocenters. The second kappa shape index (κ2) is 6.41. The molecule has 0 bridgehead atoms. The van der Waals surface area contributed by atoms with E-state index in [0.29, 0.717) is 26.0 Å². The minimum absolute atomic E-state index is 0.0184. The normalized spacial score (nSPS) is 16.9. The van der Waals surface area contributed by atoms with Gasteiger partial charge in [-0.05, 0) is 24.5 Å². The van der Waals surface area contributed by atoms with Crippen LogP contribution in [-0.4, -0.2) is 42.1 Å². The molecule has 1 aromatic carbocycles. The first-order valence-electron chi connectivity index (χ1n) is 6.75. The molecule has 0 saturated heterocycles. The number of para-hydroxylation sites is 1. The number of ether oxygens (including phenoxy) is 1. The molecule has 1 aromatic rings. The van der Waals surface area contributed by atoms with Crippen molar-refractivity contribution in [3.8, 4) is 5.75 Å².